The molecule has 1 N–H and O–H groups in total. The molecular weight excluding hydrogens is 390 g/mol. The summed E-state index contributed by atoms with van der Waals surface area (Å²) in [5.74, 6) is 0.187. The minimum absolute atomic E-state index is 0.0196. The number of thioether (sulfide) groups is 1. The Morgan fingerprint density at radius 1 is 1.25 bits per heavy atom. The van der Waals surface area contributed by atoms with Gasteiger partial charge in [0.15, 0.2) is 5.16 Å². The summed E-state index contributed by atoms with van der Waals surface area (Å²) in [5, 5.41) is 4.25. The van der Waals surface area contributed by atoms with Crippen LogP contribution in [0, 0.1) is 13.8 Å². The molecule has 0 spiro atoms. The predicted molar refractivity (Wildman–Crippen MR) is 118 cm³/mol. The van der Waals surface area contributed by atoms with Crippen molar-refractivity contribution in [3.63, 3.8) is 0 Å². The minimum atomic E-state index is -0.0517. The molecule has 0 unspecified atom stereocenters. The summed E-state index contributed by atoms with van der Waals surface area (Å²) in [6.45, 7) is 8.50. The molecule has 7 heteroatoms. The van der Waals surface area contributed by atoms with Crippen molar-refractivity contribution in [2.24, 2.45) is 0 Å². The van der Waals surface area contributed by atoms with Crippen molar-refractivity contribution < 1.29 is 4.79 Å². The molecule has 2 aromatic heterocycles. The van der Waals surface area contributed by atoms with Crippen LogP contribution in [0.1, 0.15) is 35.9 Å². The predicted octanol–water partition coefficient (Wildman–Crippen LogP) is 4.11. The highest BCUT2D eigenvalue weighted by Gasteiger charge is 2.19. The van der Waals surface area contributed by atoms with Crippen LogP contribution in [0.25, 0.3) is 10.2 Å². The third kappa shape index (κ3) is 4.47. The first-order chi connectivity index (χ1) is 13.4. The van der Waals surface area contributed by atoms with Crippen molar-refractivity contribution in [1.29, 1.82) is 0 Å². The fraction of sp³-hybridized carbons (Fsp3) is 0.381. The maximum Gasteiger partial charge on any atom is 0.263 e. The number of nitrogens with one attached hydrogen (secondary N) is 1. The zero-order chi connectivity index (χ0) is 20.3. The van der Waals surface area contributed by atoms with E-state index in [-0.39, 0.29) is 23.3 Å². The minimum Gasteiger partial charge on any atom is -0.355 e. The highest BCUT2D eigenvalue weighted by atomic mass is 32.2. The number of nitrogens with zero attached hydrogens (tertiary/aromatic N) is 2. The van der Waals surface area contributed by atoms with Crippen molar-refractivity contribution in [1.82, 2.24) is 14.9 Å². The summed E-state index contributed by atoms with van der Waals surface area (Å²) in [4.78, 5) is 31.8. The van der Waals surface area contributed by atoms with E-state index in [1.54, 1.807) is 4.57 Å². The second-order valence-corrected chi connectivity index (χ2v) is 9.15. The largest absolute Gasteiger partial charge is 0.355 e. The Morgan fingerprint density at radius 3 is 2.64 bits per heavy atom. The molecule has 0 fully saturated rings. The lowest BCUT2D eigenvalue weighted by atomic mass is 10.1. The van der Waals surface area contributed by atoms with Crippen molar-refractivity contribution in [3.8, 4) is 0 Å². The van der Waals surface area contributed by atoms with E-state index in [2.05, 4.69) is 5.32 Å². The Morgan fingerprint density at radius 2 is 1.96 bits per heavy atom. The SMILES string of the molecule is Cc1sc2nc(SCC(=O)NCCc3ccccc3)n(C(C)C)c(=O)c2c1C. The third-order valence-corrected chi connectivity index (χ3v) is 6.68. The Hall–Kier alpha value is -2.12. The zero-order valence-electron chi connectivity index (χ0n) is 16.6. The topological polar surface area (TPSA) is 64.0 Å². The molecule has 1 aromatic carbocycles. The maximum atomic E-state index is 13.0. The van der Waals surface area contributed by atoms with Crippen LogP contribution in [0.5, 0.6) is 0 Å². The number of rotatable bonds is 7. The number of hydrogen-bond acceptors (Lipinski definition) is 5. The smallest absolute Gasteiger partial charge is 0.263 e. The van der Waals surface area contributed by atoms with Gasteiger partial charge in [0.1, 0.15) is 4.83 Å². The van der Waals surface area contributed by atoms with E-state index < -0.39 is 0 Å². The molecule has 0 bridgehead atoms. The van der Waals surface area contributed by atoms with Crippen LogP contribution >= 0.6 is 23.1 Å². The van der Waals surface area contributed by atoms with E-state index in [9.17, 15) is 9.59 Å². The molecule has 1 amide bonds. The summed E-state index contributed by atoms with van der Waals surface area (Å²) in [7, 11) is 0. The second kappa shape index (κ2) is 8.92. The highest BCUT2D eigenvalue weighted by molar-refractivity contribution is 7.99. The second-order valence-electron chi connectivity index (χ2n) is 7.00. The molecule has 0 aliphatic carbocycles. The molecule has 28 heavy (non-hydrogen) atoms. The van der Waals surface area contributed by atoms with Gasteiger partial charge in [-0.05, 0) is 45.2 Å². The molecule has 148 valence electrons. The van der Waals surface area contributed by atoms with E-state index in [4.69, 9.17) is 4.98 Å². The average molecular weight is 416 g/mol. The lowest BCUT2D eigenvalue weighted by Crippen LogP contribution is -2.29. The molecule has 2 heterocycles. The number of aryl methyl sites for hydroxylation is 2. The first-order valence-electron chi connectivity index (χ1n) is 9.34. The van der Waals surface area contributed by atoms with Crippen LogP contribution in [0.2, 0.25) is 0 Å². The van der Waals surface area contributed by atoms with Crippen LogP contribution < -0.4 is 10.9 Å². The number of amides is 1. The zero-order valence-corrected chi connectivity index (χ0v) is 18.2. The number of benzene rings is 1. The van der Waals surface area contributed by atoms with E-state index in [0.29, 0.717) is 17.1 Å². The van der Waals surface area contributed by atoms with Gasteiger partial charge in [0, 0.05) is 17.5 Å². The molecule has 0 saturated heterocycles. The Balaban J connectivity index is 1.70. The molecule has 0 saturated carbocycles. The molecule has 3 aromatic rings. The van der Waals surface area contributed by atoms with Crippen LogP contribution in [0.3, 0.4) is 0 Å². The first kappa shape index (κ1) is 20.6. The van der Waals surface area contributed by atoms with Crippen LogP contribution in [-0.4, -0.2) is 27.8 Å². The van der Waals surface area contributed by atoms with Gasteiger partial charge in [-0.3, -0.25) is 14.2 Å². The van der Waals surface area contributed by atoms with Gasteiger partial charge in [-0.1, -0.05) is 42.1 Å². The number of aromatic nitrogens is 2. The molecular formula is C21H25N3O2S2. The van der Waals surface area contributed by atoms with Gasteiger partial charge in [0.25, 0.3) is 5.56 Å². The van der Waals surface area contributed by atoms with Gasteiger partial charge < -0.3 is 5.32 Å². The molecule has 0 aliphatic rings. The van der Waals surface area contributed by atoms with Crippen LogP contribution in [0.15, 0.2) is 40.3 Å². The van der Waals surface area contributed by atoms with E-state index >= 15 is 0 Å². The van der Waals surface area contributed by atoms with Crippen molar-refractivity contribution in [2.45, 2.75) is 45.3 Å². The first-order valence-corrected chi connectivity index (χ1v) is 11.1. The lowest BCUT2D eigenvalue weighted by Gasteiger charge is -2.15. The Labute approximate surface area is 173 Å². The quantitative estimate of drug-likeness (QED) is 0.466. The lowest BCUT2D eigenvalue weighted by molar-refractivity contribution is -0.118. The number of hydrogen-bond donors (Lipinski definition) is 1. The fourth-order valence-electron chi connectivity index (χ4n) is 3.02. The molecule has 0 atom stereocenters. The summed E-state index contributed by atoms with van der Waals surface area (Å²) >= 11 is 2.86. The van der Waals surface area contributed by atoms with Crippen molar-refractivity contribution >= 4 is 39.2 Å². The summed E-state index contributed by atoms with van der Waals surface area (Å²) in [6.07, 6.45) is 0.798. The normalized spacial score (nSPS) is 11.3. The van der Waals surface area contributed by atoms with Gasteiger partial charge in [0.05, 0.1) is 11.1 Å². The van der Waals surface area contributed by atoms with Crippen molar-refractivity contribution in [3.05, 3.63) is 56.7 Å². The Kier molecular flexibility index (Phi) is 6.57. The monoisotopic (exact) mass is 415 g/mol. The van der Waals surface area contributed by atoms with E-state index in [1.165, 1.54) is 28.7 Å². The van der Waals surface area contributed by atoms with Gasteiger partial charge in [-0.25, -0.2) is 4.98 Å². The Bertz CT molecular complexity index is 1040. The highest BCUT2D eigenvalue weighted by Crippen LogP contribution is 2.29. The standard InChI is InChI=1S/C21H25N3O2S2/c1-13(2)24-20(26)18-14(3)15(4)28-19(18)23-21(24)27-12-17(25)22-11-10-16-8-6-5-7-9-16/h5-9,13H,10-12H2,1-4H3,(H,22,25). The van der Waals surface area contributed by atoms with Gasteiger partial charge in [-0.2, -0.15) is 0 Å². The van der Waals surface area contributed by atoms with Gasteiger partial charge in [-0.15, -0.1) is 11.3 Å². The molecule has 0 aliphatic heterocycles. The number of thiophene rings is 1. The molecule has 0 radical (unpaired) electrons. The average Bonchev–Trinajstić information content (AvgIpc) is 2.94. The third-order valence-electron chi connectivity index (χ3n) is 4.63. The molecule has 3 rings (SSSR count). The maximum absolute atomic E-state index is 13.0. The van der Waals surface area contributed by atoms with Crippen LogP contribution in [-0.2, 0) is 11.2 Å². The number of fused-ring (bicyclic) bond motifs is 1. The summed E-state index contributed by atoms with van der Waals surface area (Å²) in [5.41, 5.74) is 2.18. The summed E-state index contributed by atoms with van der Waals surface area (Å²) < 4.78 is 1.70. The van der Waals surface area contributed by atoms with Crippen molar-refractivity contribution in [2.75, 3.05) is 12.3 Å². The fourth-order valence-corrected chi connectivity index (χ4v) is 5.05. The number of carbonyl (C=O) groups excluding carboxylic acids is 1. The van der Waals surface area contributed by atoms with E-state index in [0.717, 1.165) is 21.7 Å². The molecule has 5 nitrogen and oxygen atoms in total. The summed E-state index contributed by atoms with van der Waals surface area (Å²) in [6, 6.07) is 10.0. The van der Waals surface area contributed by atoms with Gasteiger partial charge >= 0.3 is 0 Å². The number of carbonyl (C=O) groups is 1. The van der Waals surface area contributed by atoms with Gasteiger partial charge in [0.2, 0.25) is 5.91 Å². The van der Waals surface area contributed by atoms with Crippen LogP contribution in [0.4, 0.5) is 0 Å². The van der Waals surface area contributed by atoms with E-state index in [1.807, 2.05) is 58.0 Å².